The lowest BCUT2D eigenvalue weighted by Crippen LogP contribution is -2.31. The van der Waals surface area contributed by atoms with Gasteiger partial charge in [0.1, 0.15) is 4.60 Å². The average Bonchev–Trinajstić information content (AvgIpc) is 2.25. The van der Waals surface area contributed by atoms with Crippen LogP contribution >= 0.6 is 15.9 Å². The van der Waals surface area contributed by atoms with Crippen molar-refractivity contribution in [1.82, 2.24) is 9.88 Å². The van der Waals surface area contributed by atoms with Gasteiger partial charge in [-0.2, -0.15) is 0 Å². The molecule has 4 heteroatoms. The second kappa shape index (κ2) is 5.52. The summed E-state index contributed by atoms with van der Waals surface area (Å²) in [7, 11) is 0. The number of aromatic nitrogens is 1. The largest absolute Gasteiger partial charge is 0.328 e. The second-order valence-electron chi connectivity index (χ2n) is 2.89. The number of halogens is 1. The molecule has 0 aliphatic carbocycles. The van der Waals surface area contributed by atoms with Crippen molar-refractivity contribution in [1.29, 1.82) is 0 Å². The molecule has 15 heavy (non-hydrogen) atoms. The highest BCUT2D eigenvalue weighted by Crippen LogP contribution is 2.10. The minimum Gasteiger partial charge on any atom is -0.328 e. The number of terminal acetylenes is 1. The molecule has 1 rings (SSSR count). The van der Waals surface area contributed by atoms with Gasteiger partial charge in [0.2, 0.25) is 0 Å². The number of carbonyl (C=O) groups excluding carboxylic acids is 1. The summed E-state index contributed by atoms with van der Waals surface area (Å²) in [5.41, 5.74) is 0.592. The minimum atomic E-state index is -0.0708. The van der Waals surface area contributed by atoms with Crippen LogP contribution in [0.5, 0.6) is 0 Å². The lowest BCUT2D eigenvalue weighted by Gasteiger charge is -2.17. The second-order valence-corrected chi connectivity index (χ2v) is 3.70. The highest BCUT2D eigenvalue weighted by Gasteiger charge is 2.12. The van der Waals surface area contributed by atoms with E-state index < -0.39 is 0 Å². The Morgan fingerprint density at radius 2 is 2.47 bits per heavy atom. The van der Waals surface area contributed by atoms with Gasteiger partial charge in [-0.05, 0) is 35.0 Å². The Morgan fingerprint density at radius 3 is 3.00 bits per heavy atom. The Hall–Kier alpha value is -1.34. The fourth-order valence-corrected chi connectivity index (χ4v) is 1.52. The number of carbonyl (C=O) groups is 1. The van der Waals surface area contributed by atoms with Crippen LogP contribution in [-0.4, -0.2) is 28.9 Å². The number of amides is 1. The van der Waals surface area contributed by atoms with E-state index in [0.717, 1.165) is 0 Å². The molecule has 0 aliphatic rings. The smallest absolute Gasteiger partial charge is 0.254 e. The first-order valence-corrected chi connectivity index (χ1v) is 5.32. The van der Waals surface area contributed by atoms with Crippen molar-refractivity contribution in [2.24, 2.45) is 0 Å². The molecule has 3 nitrogen and oxygen atoms in total. The Bertz CT molecular complexity index is 398. The summed E-state index contributed by atoms with van der Waals surface area (Å²) in [5.74, 6) is 2.39. The van der Waals surface area contributed by atoms with Crippen LogP contribution in [0.15, 0.2) is 22.9 Å². The fraction of sp³-hybridized carbons (Fsp3) is 0.273. The van der Waals surface area contributed by atoms with Crippen molar-refractivity contribution in [2.75, 3.05) is 13.1 Å². The molecule has 0 aromatic carbocycles. The van der Waals surface area contributed by atoms with Crippen LogP contribution in [0.4, 0.5) is 0 Å². The van der Waals surface area contributed by atoms with E-state index in [-0.39, 0.29) is 5.91 Å². The number of hydrogen-bond acceptors (Lipinski definition) is 2. The third-order valence-electron chi connectivity index (χ3n) is 1.92. The Kier molecular flexibility index (Phi) is 4.32. The quantitative estimate of drug-likeness (QED) is 0.619. The zero-order valence-electron chi connectivity index (χ0n) is 8.40. The fourth-order valence-electron chi connectivity index (χ4n) is 1.16. The van der Waals surface area contributed by atoms with Gasteiger partial charge in [-0.1, -0.05) is 5.92 Å². The van der Waals surface area contributed by atoms with Gasteiger partial charge >= 0.3 is 0 Å². The van der Waals surface area contributed by atoms with Crippen LogP contribution in [0, 0.1) is 12.3 Å². The third-order valence-corrected chi connectivity index (χ3v) is 2.36. The van der Waals surface area contributed by atoms with Crippen LogP contribution in [0.25, 0.3) is 0 Å². The van der Waals surface area contributed by atoms with Gasteiger partial charge in [-0.15, -0.1) is 6.42 Å². The molecule has 78 valence electrons. The highest BCUT2D eigenvalue weighted by molar-refractivity contribution is 9.10. The zero-order chi connectivity index (χ0) is 11.3. The molecule has 0 radical (unpaired) electrons. The molecule has 0 unspecified atom stereocenters. The van der Waals surface area contributed by atoms with Crippen molar-refractivity contribution < 1.29 is 4.79 Å². The van der Waals surface area contributed by atoms with E-state index in [4.69, 9.17) is 6.42 Å². The monoisotopic (exact) mass is 266 g/mol. The topological polar surface area (TPSA) is 33.2 Å². The number of rotatable bonds is 3. The Balaban J connectivity index is 2.88. The highest BCUT2D eigenvalue weighted by atomic mass is 79.9. The van der Waals surface area contributed by atoms with Crippen LogP contribution in [0.2, 0.25) is 0 Å². The van der Waals surface area contributed by atoms with Gasteiger partial charge in [-0.25, -0.2) is 4.98 Å². The molecule has 1 aromatic rings. The molecular formula is C11H11BrN2O. The lowest BCUT2D eigenvalue weighted by molar-refractivity contribution is 0.0784. The molecule has 1 amide bonds. The first-order chi connectivity index (χ1) is 7.19. The molecular weight excluding hydrogens is 256 g/mol. The van der Waals surface area contributed by atoms with Gasteiger partial charge < -0.3 is 4.90 Å². The summed E-state index contributed by atoms with van der Waals surface area (Å²) in [5, 5.41) is 0. The van der Waals surface area contributed by atoms with E-state index in [0.29, 0.717) is 23.3 Å². The Morgan fingerprint density at radius 1 is 1.73 bits per heavy atom. The van der Waals surface area contributed by atoms with E-state index >= 15 is 0 Å². The van der Waals surface area contributed by atoms with Crippen molar-refractivity contribution in [2.45, 2.75) is 6.92 Å². The van der Waals surface area contributed by atoms with Gasteiger partial charge in [0.15, 0.2) is 0 Å². The van der Waals surface area contributed by atoms with E-state index in [1.807, 2.05) is 6.92 Å². The molecule has 0 bridgehead atoms. The zero-order valence-corrected chi connectivity index (χ0v) is 9.99. The SMILES string of the molecule is C#CCN(CC)C(=O)c1ccnc(Br)c1. The van der Waals surface area contributed by atoms with E-state index in [2.05, 4.69) is 26.8 Å². The summed E-state index contributed by atoms with van der Waals surface area (Å²) < 4.78 is 0.644. The molecule has 1 aromatic heterocycles. The van der Waals surface area contributed by atoms with Crippen molar-refractivity contribution >= 4 is 21.8 Å². The molecule has 0 atom stereocenters. The molecule has 0 spiro atoms. The number of nitrogens with zero attached hydrogens (tertiary/aromatic N) is 2. The van der Waals surface area contributed by atoms with Gasteiger partial charge in [0.05, 0.1) is 6.54 Å². The van der Waals surface area contributed by atoms with Crippen LogP contribution in [-0.2, 0) is 0 Å². The molecule has 0 fully saturated rings. The normalized spacial score (nSPS) is 9.40. The number of hydrogen-bond donors (Lipinski definition) is 0. The van der Waals surface area contributed by atoms with Crippen LogP contribution < -0.4 is 0 Å². The van der Waals surface area contributed by atoms with Crippen molar-refractivity contribution in [3.63, 3.8) is 0 Å². The summed E-state index contributed by atoms with van der Waals surface area (Å²) in [6, 6.07) is 3.35. The van der Waals surface area contributed by atoms with E-state index in [1.165, 1.54) is 0 Å². The molecule has 0 aliphatic heterocycles. The summed E-state index contributed by atoms with van der Waals surface area (Å²) >= 11 is 3.22. The predicted molar refractivity (Wildman–Crippen MR) is 62.3 cm³/mol. The lowest BCUT2D eigenvalue weighted by atomic mass is 10.2. The maximum absolute atomic E-state index is 11.9. The predicted octanol–water partition coefficient (Wildman–Crippen LogP) is 1.94. The summed E-state index contributed by atoms with van der Waals surface area (Å²) in [4.78, 5) is 17.5. The molecule has 1 heterocycles. The van der Waals surface area contributed by atoms with Crippen LogP contribution in [0.1, 0.15) is 17.3 Å². The first-order valence-electron chi connectivity index (χ1n) is 4.53. The van der Waals surface area contributed by atoms with Gasteiger partial charge in [0.25, 0.3) is 5.91 Å². The third kappa shape index (κ3) is 3.07. The summed E-state index contributed by atoms with van der Waals surface area (Å²) in [6.45, 7) is 2.82. The van der Waals surface area contributed by atoms with Gasteiger partial charge in [0, 0.05) is 18.3 Å². The maximum atomic E-state index is 11.9. The van der Waals surface area contributed by atoms with E-state index in [1.54, 1.807) is 23.2 Å². The Labute approximate surface area is 97.6 Å². The maximum Gasteiger partial charge on any atom is 0.254 e. The molecule has 0 saturated heterocycles. The van der Waals surface area contributed by atoms with E-state index in [9.17, 15) is 4.79 Å². The standard InChI is InChI=1S/C11H11BrN2O/c1-3-7-14(4-2)11(15)9-5-6-13-10(12)8-9/h1,5-6,8H,4,7H2,2H3. The molecule has 0 N–H and O–H groups in total. The first kappa shape index (κ1) is 11.7. The molecule has 0 saturated carbocycles. The van der Waals surface area contributed by atoms with Crippen molar-refractivity contribution in [3.8, 4) is 12.3 Å². The van der Waals surface area contributed by atoms with Crippen LogP contribution in [0.3, 0.4) is 0 Å². The van der Waals surface area contributed by atoms with Gasteiger partial charge in [-0.3, -0.25) is 4.79 Å². The summed E-state index contributed by atoms with van der Waals surface area (Å²) in [6.07, 6.45) is 6.77. The van der Waals surface area contributed by atoms with Crippen molar-refractivity contribution in [3.05, 3.63) is 28.5 Å². The average molecular weight is 267 g/mol. The minimum absolute atomic E-state index is 0.0708. The number of pyridine rings is 1.